The zero-order chi connectivity index (χ0) is 21.4. The molecule has 0 unspecified atom stereocenters. The van der Waals surface area contributed by atoms with E-state index in [0.29, 0.717) is 31.2 Å². The number of aromatic amines is 1. The highest BCUT2D eigenvalue weighted by atomic mass is 32.2. The van der Waals surface area contributed by atoms with E-state index in [9.17, 15) is 18.0 Å². The summed E-state index contributed by atoms with van der Waals surface area (Å²) in [6, 6.07) is 8.82. The van der Waals surface area contributed by atoms with Crippen molar-refractivity contribution in [1.82, 2.24) is 20.6 Å². The lowest BCUT2D eigenvalue weighted by Gasteiger charge is -2.16. The summed E-state index contributed by atoms with van der Waals surface area (Å²) < 4.78 is 24.2. The lowest BCUT2D eigenvalue weighted by atomic mass is 10.1. The van der Waals surface area contributed by atoms with Crippen LogP contribution in [0.3, 0.4) is 0 Å². The van der Waals surface area contributed by atoms with Crippen LogP contribution in [0.1, 0.15) is 57.9 Å². The molecule has 1 aromatic heterocycles. The summed E-state index contributed by atoms with van der Waals surface area (Å²) in [7, 11) is -3.20. The number of benzene rings is 1. The van der Waals surface area contributed by atoms with Gasteiger partial charge in [0.2, 0.25) is 0 Å². The third-order valence-electron chi connectivity index (χ3n) is 5.52. The minimum Gasteiger partial charge on any atom is -0.349 e. The molecule has 1 heterocycles. The van der Waals surface area contributed by atoms with Gasteiger partial charge in [-0.25, -0.2) is 13.4 Å². The van der Waals surface area contributed by atoms with Crippen molar-refractivity contribution in [3.63, 3.8) is 0 Å². The lowest BCUT2D eigenvalue weighted by molar-refractivity contribution is 0.0941. The van der Waals surface area contributed by atoms with E-state index in [1.54, 1.807) is 24.3 Å². The van der Waals surface area contributed by atoms with Crippen molar-refractivity contribution in [2.45, 2.75) is 42.2 Å². The summed E-state index contributed by atoms with van der Waals surface area (Å²) in [6.07, 6.45) is 3.80. The Labute approximate surface area is 173 Å². The second kappa shape index (κ2) is 7.57. The summed E-state index contributed by atoms with van der Waals surface area (Å²) in [5, 5.41) is 13.9. The Hall–Kier alpha value is -3.19. The van der Waals surface area contributed by atoms with Gasteiger partial charge in [0.15, 0.2) is 15.7 Å². The number of imidazole rings is 1. The van der Waals surface area contributed by atoms with Gasteiger partial charge in [-0.05, 0) is 43.4 Å². The van der Waals surface area contributed by atoms with E-state index in [2.05, 4.69) is 20.6 Å². The summed E-state index contributed by atoms with van der Waals surface area (Å²) in [5.74, 6) is -0.986. The van der Waals surface area contributed by atoms with Crippen LogP contribution in [-0.2, 0) is 16.4 Å². The van der Waals surface area contributed by atoms with Gasteiger partial charge in [-0.3, -0.25) is 9.59 Å². The molecule has 0 bridgehead atoms. The Morgan fingerprint density at radius 3 is 2.47 bits per heavy atom. The SMILES string of the molecule is N#Cc1ccc(CNC(=O)c2ncc(C(=O)NCC3(S(=O)(=O)C4CC4)CC3)[nH]2)cc1. The van der Waals surface area contributed by atoms with Crippen LogP contribution in [0.2, 0.25) is 0 Å². The van der Waals surface area contributed by atoms with Crippen LogP contribution in [-0.4, -0.2) is 46.7 Å². The van der Waals surface area contributed by atoms with Crippen molar-refractivity contribution < 1.29 is 18.0 Å². The van der Waals surface area contributed by atoms with Gasteiger partial charge in [-0.2, -0.15) is 5.26 Å². The summed E-state index contributed by atoms with van der Waals surface area (Å²) in [4.78, 5) is 31.2. The third kappa shape index (κ3) is 3.93. The standard InChI is InChI=1S/C20H21N5O4S/c21-9-13-1-3-14(4-2-13)10-23-19(27)17-22-11-16(25-17)18(26)24-12-20(7-8-20)30(28,29)15-5-6-15/h1-4,11,15H,5-8,10,12H2,(H,22,25)(H,23,27)(H,24,26). The quantitative estimate of drug-likeness (QED) is 0.574. The van der Waals surface area contributed by atoms with Crippen molar-refractivity contribution in [3.8, 4) is 6.07 Å². The smallest absolute Gasteiger partial charge is 0.287 e. The zero-order valence-corrected chi connectivity index (χ0v) is 17.0. The van der Waals surface area contributed by atoms with E-state index in [1.165, 1.54) is 6.20 Å². The van der Waals surface area contributed by atoms with Crippen molar-refractivity contribution >= 4 is 21.7 Å². The van der Waals surface area contributed by atoms with Crippen molar-refractivity contribution in [2.75, 3.05) is 6.54 Å². The fraction of sp³-hybridized carbons (Fsp3) is 0.400. The number of carbonyl (C=O) groups is 2. The molecule has 0 spiro atoms. The van der Waals surface area contributed by atoms with Crippen molar-refractivity contribution in [1.29, 1.82) is 5.26 Å². The van der Waals surface area contributed by atoms with Crippen LogP contribution in [0.5, 0.6) is 0 Å². The summed E-state index contributed by atoms with van der Waals surface area (Å²) in [6.45, 7) is 0.318. The van der Waals surface area contributed by atoms with Crippen LogP contribution in [0.4, 0.5) is 0 Å². The highest BCUT2D eigenvalue weighted by Crippen LogP contribution is 2.49. The normalized spacial score (nSPS) is 17.0. The van der Waals surface area contributed by atoms with Gasteiger partial charge in [0.25, 0.3) is 11.8 Å². The first kappa shape index (κ1) is 20.1. The van der Waals surface area contributed by atoms with E-state index >= 15 is 0 Å². The molecule has 2 aliphatic carbocycles. The predicted octanol–water partition coefficient (Wildman–Crippen LogP) is 1.05. The first-order chi connectivity index (χ1) is 14.3. The molecule has 10 heteroatoms. The van der Waals surface area contributed by atoms with Gasteiger partial charge in [-0.1, -0.05) is 12.1 Å². The maximum atomic E-state index is 12.5. The van der Waals surface area contributed by atoms with E-state index in [-0.39, 0.29) is 29.9 Å². The van der Waals surface area contributed by atoms with E-state index < -0.39 is 26.4 Å². The van der Waals surface area contributed by atoms with Gasteiger partial charge < -0.3 is 15.6 Å². The van der Waals surface area contributed by atoms with E-state index in [4.69, 9.17) is 5.26 Å². The lowest BCUT2D eigenvalue weighted by Crippen LogP contribution is -2.40. The third-order valence-corrected chi connectivity index (χ3v) is 8.63. The molecule has 1 aromatic carbocycles. The van der Waals surface area contributed by atoms with E-state index in [1.807, 2.05) is 6.07 Å². The number of nitrogens with one attached hydrogen (secondary N) is 3. The van der Waals surface area contributed by atoms with Gasteiger partial charge in [0.1, 0.15) is 5.69 Å². The number of sulfone groups is 1. The van der Waals surface area contributed by atoms with Gasteiger partial charge in [0, 0.05) is 13.1 Å². The number of aromatic nitrogens is 2. The number of carbonyl (C=O) groups excluding carboxylic acids is 2. The number of nitrogens with zero attached hydrogens (tertiary/aromatic N) is 2. The highest BCUT2D eigenvalue weighted by molar-refractivity contribution is 7.94. The zero-order valence-electron chi connectivity index (χ0n) is 16.1. The highest BCUT2D eigenvalue weighted by Gasteiger charge is 2.59. The molecule has 0 aliphatic heterocycles. The molecule has 0 saturated heterocycles. The maximum absolute atomic E-state index is 12.5. The maximum Gasteiger partial charge on any atom is 0.287 e. The number of nitriles is 1. The Kier molecular flexibility index (Phi) is 5.07. The van der Waals surface area contributed by atoms with Crippen molar-refractivity contribution in [2.24, 2.45) is 0 Å². The average Bonchev–Trinajstić information content (AvgIpc) is 3.68. The Balaban J connectivity index is 1.31. The molecule has 9 nitrogen and oxygen atoms in total. The number of H-pyrrole nitrogens is 1. The topological polar surface area (TPSA) is 145 Å². The second-order valence-corrected chi connectivity index (χ2v) is 10.4. The number of hydrogen-bond acceptors (Lipinski definition) is 6. The number of hydrogen-bond donors (Lipinski definition) is 3. The summed E-state index contributed by atoms with van der Waals surface area (Å²) in [5.41, 5.74) is 1.45. The Morgan fingerprint density at radius 1 is 1.17 bits per heavy atom. The molecule has 0 radical (unpaired) electrons. The fourth-order valence-corrected chi connectivity index (χ4v) is 5.69. The minimum atomic E-state index is -3.20. The molecule has 2 saturated carbocycles. The molecule has 156 valence electrons. The first-order valence-corrected chi connectivity index (χ1v) is 11.2. The van der Waals surface area contributed by atoms with Crippen LogP contribution in [0.15, 0.2) is 30.5 Å². The molecule has 2 fully saturated rings. The van der Waals surface area contributed by atoms with Crippen LogP contribution in [0.25, 0.3) is 0 Å². The fourth-order valence-electron chi connectivity index (χ4n) is 3.28. The van der Waals surface area contributed by atoms with Gasteiger partial charge >= 0.3 is 0 Å². The second-order valence-electron chi connectivity index (χ2n) is 7.75. The Bertz CT molecular complexity index is 1120. The average molecular weight is 427 g/mol. The minimum absolute atomic E-state index is 0.0134. The molecule has 2 aliphatic rings. The molecule has 2 aromatic rings. The molecule has 0 atom stereocenters. The molecule has 4 rings (SSSR count). The first-order valence-electron chi connectivity index (χ1n) is 9.68. The van der Waals surface area contributed by atoms with Gasteiger partial charge in [-0.15, -0.1) is 0 Å². The largest absolute Gasteiger partial charge is 0.349 e. The number of amides is 2. The van der Waals surface area contributed by atoms with Crippen LogP contribution >= 0.6 is 0 Å². The molecule has 3 N–H and O–H groups in total. The number of rotatable bonds is 8. The van der Waals surface area contributed by atoms with Crippen LogP contribution < -0.4 is 10.6 Å². The Morgan fingerprint density at radius 2 is 1.87 bits per heavy atom. The molecular weight excluding hydrogens is 406 g/mol. The predicted molar refractivity (Wildman–Crippen MR) is 107 cm³/mol. The molecule has 30 heavy (non-hydrogen) atoms. The van der Waals surface area contributed by atoms with Crippen LogP contribution in [0, 0.1) is 11.3 Å². The van der Waals surface area contributed by atoms with E-state index in [0.717, 1.165) is 5.56 Å². The molecule has 2 amide bonds. The van der Waals surface area contributed by atoms with Crippen molar-refractivity contribution in [3.05, 3.63) is 53.1 Å². The monoisotopic (exact) mass is 427 g/mol. The van der Waals surface area contributed by atoms with Gasteiger partial charge in [0.05, 0.1) is 27.8 Å². The molecular formula is C20H21N5O4S. The summed E-state index contributed by atoms with van der Waals surface area (Å²) >= 11 is 0.